The standard InChI is InChI=1S/C11H7Cl2NO2/c1-6-8(12)4-7(5-9(6)13)14-10(15)2-3-11(14)16/h2-5H,1H3. The van der Waals surface area contributed by atoms with Gasteiger partial charge in [0, 0.05) is 22.2 Å². The Bertz CT molecular complexity index is 482. The second-order valence-electron chi connectivity index (χ2n) is 3.38. The van der Waals surface area contributed by atoms with Crippen molar-refractivity contribution >= 4 is 40.7 Å². The van der Waals surface area contributed by atoms with E-state index in [1.54, 1.807) is 19.1 Å². The number of carbonyl (C=O) groups is 2. The third-order valence-electron chi connectivity index (χ3n) is 2.33. The molecule has 16 heavy (non-hydrogen) atoms. The molecular formula is C11H7Cl2NO2. The van der Waals surface area contributed by atoms with Gasteiger partial charge in [-0.3, -0.25) is 9.59 Å². The molecule has 0 spiro atoms. The van der Waals surface area contributed by atoms with E-state index in [2.05, 4.69) is 0 Å². The minimum absolute atomic E-state index is 0.388. The zero-order chi connectivity index (χ0) is 11.9. The maximum absolute atomic E-state index is 11.4. The number of hydrogen-bond donors (Lipinski definition) is 0. The molecule has 82 valence electrons. The third-order valence-corrected chi connectivity index (χ3v) is 3.12. The lowest BCUT2D eigenvalue weighted by atomic mass is 10.2. The topological polar surface area (TPSA) is 37.4 Å². The lowest BCUT2D eigenvalue weighted by molar-refractivity contribution is -0.119. The van der Waals surface area contributed by atoms with E-state index in [9.17, 15) is 9.59 Å². The third kappa shape index (κ3) is 1.72. The van der Waals surface area contributed by atoms with Crippen LogP contribution in [0.1, 0.15) is 5.56 Å². The molecule has 0 atom stereocenters. The number of benzene rings is 1. The minimum atomic E-state index is -0.388. The van der Waals surface area contributed by atoms with Gasteiger partial charge in [0.15, 0.2) is 0 Å². The van der Waals surface area contributed by atoms with Gasteiger partial charge >= 0.3 is 0 Å². The van der Waals surface area contributed by atoms with Crippen molar-refractivity contribution in [2.24, 2.45) is 0 Å². The number of imide groups is 1. The Morgan fingerprint density at radius 3 is 1.88 bits per heavy atom. The maximum Gasteiger partial charge on any atom is 0.258 e. The first-order valence-electron chi connectivity index (χ1n) is 4.52. The summed E-state index contributed by atoms with van der Waals surface area (Å²) in [5.41, 5.74) is 1.11. The van der Waals surface area contributed by atoms with Gasteiger partial charge < -0.3 is 0 Å². The Balaban J connectivity index is 2.50. The summed E-state index contributed by atoms with van der Waals surface area (Å²) in [5.74, 6) is -0.776. The number of rotatable bonds is 1. The Kier molecular flexibility index (Phi) is 2.74. The van der Waals surface area contributed by atoms with E-state index in [0.717, 1.165) is 10.5 Å². The van der Waals surface area contributed by atoms with Gasteiger partial charge in [-0.15, -0.1) is 0 Å². The zero-order valence-electron chi connectivity index (χ0n) is 8.33. The molecule has 0 radical (unpaired) electrons. The van der Waals surface area contributed by atoms with Gasteiger partial charge in [0.25, 0.3) is 11.8 Å². The highest BCUT2D eigenvalue weighted by Gasteiger charge is 2.25. The van der Waals surface area contributed by atoms with Gasteiger partial charge in [0.1, 0.15) is 0 Å². The van der Waals surface area contributed by atoms with Gasteiger partial charge in [0.05, 0.1) is 5.69 Å². The Hall–Kier alpha value is -1.32. The fourth-order valence-corrected chi connectivity index (χ4v) is 1.89. The first kappa shape index (κ1) is 11.2. The summed E-state index contributed by atoms with van der Waals surface area (Å²) in [5, 5.41) is 0.852. The van der Waals surface area contributed by atoms with Crippen molar-refractivity contribution in [2.45, 2.75) is 6.92 Å². The highest BCUT2D eigenvalue weighted by atomic mass is 35.5. The molecule has 0 saturated heterocycles. The van der Waals surface area contributed by atoms with E-state index in [-0.39, 0.29) is 11.8 Å². The van der Waals surface area contributed by atoms with Crippen molar-refractivity contribution in [1.29, 1.82) is 0 Å². The molecule has 2 rings (SSSR count). The summed E-state index contributed by atoms with van der Waals surface area (Å²) >= 11 is 11.9. The summed E-state index contributed by atoms with van der Waals surface area (Å²) in [6, 6.07) is 3.09. The van der Waals surface area contributed by atoms with E-state index < -0.39 is 0 Å². The molecular weight excluding hydrogens is 249 g/mol. The lowest BCUT2D eigenvalue weighted by Gasteiger charge is -2.15. The van der Waals surface area contributed by atoms with Gasteiger partial charge in [-0.1, -0.05) is 23.2 Å². The van der Waals surface area contributed by atoms with Crippen LogP contribution in [-0.2, 0) is 9.59 Å². The molecule has 1 aromatic rings. The highest BCUT2D eigenvalue weighted by molar-refractivity contribution is 6.37. The van der Waals surface area contributed by atoms with E-state index in [4.69, 9.17) is 23.2 Å². The highest BCUT2D eigenvalue weighted by Crippen LogP contribution is 2.31. The summed E-state index contributed by atoms with van der Waals surface area (Å²) < 4.78 is 0. The average Bonchev–Trinajstić information content (AvgIpc) is 2.54. The molecule has 0 aliphatic carbocycles. The van der Waals surface area contributed by atoms with Crippen LogP contribution in [-0.4, -0.2) is 11.8 Å². The van der Waals surface area contributed by atoms with E-state index >= 15 is 0 Å². The number of carbonyl (C=O) groups excluding carboxylic acids is 2. The lowest BCUT2D eigenvalue weighted by Crippen LogP contribution is -2.29. The SMILES string of the molecule is Cc1c(Cl)cc(N2C(=O)C=CC2=O)cc1Cl. The predicted molar refractivity (Wildman–Crippen MR) is 62.8 cm³/mol. The molecule has 0 bridgehead atoms. The number of amides is 2. The quantitative estimate of drug-likeness (QED) is 0.724. The zero-order valence-corrected chi connectivity index (χ0v) is 9.84. The van der Waals surface area contributed by atoms with Crippen LogP contribution in [0.4, 0.5) is 5.69 Å². The molecule has 1 aliphatic rings. The summed E-state index contributed by atoms with van der Waals surface area (Å²) in [6.45, 7) is 1.76. The van der Waals surface area contributed by atoms with Gasteiger partial charge in [-0.05, 0) is 24.6 Å². The van der Waals surface area contributed by atoms with Crippen LogP contribution in [0.25, 0.3) is 0 Å². The second kappa shape index (κ2) is 3.92. The summed E-state index contributed by atoms with van der Waals surface area (Å²) in [7, 11) is 0. The smallest absolute Gasteiger partial charge is 0.258 e. The largest absolute Gasteiger partial charge is 0.269 e. The van der Waals surface area contributed by atoms with Crippen LogP contribution in [0.2, 0.25) is 10.0 Å². The van der Waals surface area contributed by atoms with Crippen molar-refractivity contribution in [3.8, 4) is 0 Å². The van der Waals surface area contributed by atoms with Crippen molar-refractivity contribution < 1.29 is 9.59 Å². The Labute approximate surface area is 102 Å². The van der Waals surface area contributed by atoms with Crippen molar-refractivity contribution in [1.82, 2.24) is 0 Å². The molecule has 5 heteroatoms. The van der Waals surface area contributed by atoms with Crippen LogP contribution >= 0.6 is 23.2 Å². The minimum Gasteiger partial charge on any atom is -0.269 e. The van der Waals surface area contributed by atoms with Crippen LogP contribution < -0.4 is 4.90 Å². The van der Waals surface area contributed by atoms with Crippen LogP contribution in [0.15, 0.2) is 24.3 Å². The fourth-order valence-electron chi connectivity index (χ4n) is 1.42. The molecule has 2 amide bonds. The van der Waals surface area contributed by atoms with Gasteiger partial charge in [0.2, 0.25) is 0 Å². The Morgan fingerprint density at radius 1 is 1.00 bits per heavy atom. The average molecular weight is 256 g/mol. The first-order valence-corrected chi connectivity index (χ1v) is 5.28. The van der Waals surface area contributed by atoms with Crippen molar-refractivity contribution in [3.63, 3.8) is 0 Å². The normalized spacial score (nSPS) is 15.1. The van der Waals surface area contributed by atoms with Gasteiger partial charge in [-0.25, -0.2) is 4.90 Å². The molecule has 0 aromatic heterocycles. The number of anilines is 1. The maximum atomic E-state index is 11.4. The molecule has 1 aliphatic heterocycles. The fraction of sp³-hybridized carbons (Fsp3) is 0.0909. The first-order chi connectivity index (χ1) is 7.50. The molecule has 0 fully saturated rings. The molecule has 0 unspecified atom stereocenters. The number of hydrogen-bond acceptors (Lipinski definition) is 2. The molecule has 3 nitrogen and oxygen atoms in total. The van der Waals surface area contributed by atoms with Crippen molar-refractivity contribution in [3.05, 3.63) is 39.9 Å². The molecule has 1 aromatic carbocycles. The summed E-state index contributed by atoms with van der Waals surface area (Å²) in [4.78, 5) is 23.9. The predicted octanol–water partition coefficient (Wildman–Crippen LogP) is 2.73. The molecule has 1 heterocycles. The Morgan fingerprint density at radius 2 is 1.44 bits per heavy atom. The van der Waals surface area contributed by atoms with Gasteiger partial charge in [-0.2, -0.15) is 0 Å². The van der Waals surface area contributed by atoms with E-state index in [1.165, 1.54) is 12.2 Å². The summed E-state index contributed by atoms with van der Waals surface area (Å²) in [6.07, 6.45) is 2.42. The van der Waals surface area contributed by atoms with Crippen LogP contribution in [0.3, 0.4) is 0 Å². The van der Waals surface area contributed by atoms with Crippen LogP contribution in [0.5, 0.6) is 0 Å². The second-order valence-corrected chi connectivity index (χ2v) is 4.19. The van der Waals surface area contributed by atoms with E-state index in [0.29, 0.717) is 15.7 Å². The molecule has 0 N–H and O–H groups in total. The van der Waals surface area contributed by atoms with E-state index in [1.807, 2.05) is 0 Å². The number of halogens is 2. The van der Waals surface area contributed by atoms with Crippen molar-refractivity contribution in [2.75, 3.05) is 4.90 Å². The monoisotopic (exact) mass is 255 g/mol. The van der Waals surface area contributed by atoms with Crippen LogP contribution in [0, 0.1) is 6.92 Å². The molecule has 0 saturated carbocycles. The number of nitrogens with zero attached hydrogens (tertiary/aromatic N) is 1.